The summed E-state index contributed by atoms with van der Waals surface area (Å²) < 4.78 is 82.1. The average Bonchev–Trinajstić information content (AvgIpc) is 3.25. The fourth-order valence-electron chi connectivity index (χ4n) is 7.92. The van der Waals surface area contributed by atoms with Crippen molar-refractivity contribution in [2.24, 2.45) is 5.73 Å². The third kappa shape index (κ3) is 35.2. The summed E-state index contributed by atoms with van der Waals surface area (Å²) in [5.41, 5.74) is 5.53. The van der Waals surface area contributed by atoms with E-state index in [9.17, 15) is 72.3 Å². The summed E-state index contributed by atoms with van der Waals surface area (Å²) in [4.78, 5) is 92.8. The van der Waals surface area contributed by atoms with Crippen LogP contribution in [-0.4, -0.2) is 119 Å². The van der Waals surface area contributed by atoms with Crippen molar-refractivity contribution in [1.82, 2.24) is 0 Å². The molecule has 0 aliphatic heterocycles. The van der Waals surface area contributed by atoms with Gasteiger partial charge in [0, 0.05) is 12.8 Å². The maximum Gasteiger partial charge on any atom is 0.472 e. The van der Waals surface area contributed by atoms with Crippen molar-refractivity contribution in [3.63, 3.8) is 0 Å². The number of ether oxygens (including phenoxy) is 2. The number of hydrogen-bond acceptors (Lipinski definition) is 16. The lowest BCUT2D eigenvalue weighted by Crippen LogP contribution is -2.65. The molecule has 27 heteroatoms. The highest BCUT2D eigenvalue weighted by Gasteiger charge is 2.59. The van der Waals surface area contributed by atoms with E-state index < -0.39 is 99.2 Å². The van der Waals surface area contributed by atoms with Gasteiger partial charge >= 0.3 is 43.2 Å². The molecule has 23 nitrogen and oxygen atoms in total. The summed E-state index contributed by atoms with van der Waals surface area (Å²) in [6.07, 6.45) is 11.1. The molecular formula is C42H85NO22P4. The first-order valence-corrected chi connectivity index (χ1v) is 30.9. The monoisotopic (exact) mass is 1080 g/mol. The molecule has 4 unspecified atom stereocenters. The van der Waals surface area contributed by atoms with E-state index in [4.69, 9.17) is 24.3 Å². The van der Waals surface area contributed by atoms with Crippen LogP contribution in [0, 0.1) is 0 Å². The second-order valence-corrected chi connectivity index (χ2v) is 22.8. The molecule has 0 saturated heterocycles. The highest BCUT2D eigenvalue weighted by Crippen LogP contribution is 2.53. The number of unbranched alkanes of at least 4 members (excludes halogenated alkanes) is 25. The minimum absolute atomic E-state index is 0.0350. The number of hydrogen-bond donors (Lipinski definition) is 10. The molecule has 1 aliphatic carbocycles. The number of aliphatic hydroxyl groups is 2. The summed E-state index contributed by atoms with van der Waals surface area (Å²) in [5, 5.41) is 21.8. The topological polar surface area (TPSA) is 375 Å². The molecule has 69 heavy (non-hydrogen) atoms. The van der Waals surface area contributed by atoms with Crippen molar-refractivity contribution in [3.05, 3.63) is 0 Å². The lowest BCUT2D eigenvalue weighted by atomic mass is 9.85. The summed E-state index contributed by atoms with van der Waals surface area (Å²) in [5.74, 6) is -1.40. The molecule has 0 aromatic heterocycles. The van der Waals surface area contributed by atoms with Gasteiger partial charge in [0.2, 0.25) is 0 Å². The first kappa shape index (κ1) is 66.3. The van der Waals surface area contributed by atoms with Crippen LogP contribution >= 0.6 is 31.3 Å². The summed E-state index contributed by atoms with van der Waals surface area (Å²) in [6, 6.07) is 0. The average molecular weight is 1080 g/mol. The number of aliphatic hydroxyl groups excluding tert-OH is 2. The minimum Gasteiger partial charge on any atom is -0.462 e. The number of phosphoric ester groups is 4. The van der Waals surface area contributed by atoms with Crippen molar-refractivity contribution in [1.29, 1.82) is 0 Å². The van der Waals surface area contributed by atoms with Gasteiger partial charge in [-0.2, -0.15) is 0 Å². The number of esters is 2. The fraction of sp³-hybridized carbons (Fsp3) is 0.952. The Hall–Kier alpha value is -0.740. The van der Waals surface area contributed by atoms with Gasteiger partial charge in [-0.05, 0) is 25.8 Å². The van der Waals surface area contributed by atoms with Crippen LogP contribution in [0.5, 0.6) is 0 Å². The molecule has 0 aromatic rings. The van der Waals surface area contributed by atoms with Crippen molar-refractivity contribution < 1.29 is 104 Å². The van der Waals surface area contributed by atoms with Crippen molar-refractivity contribution in [3.8, 4) is 0 Å². The first-order valence-electron chi connectivity index (χ1n) is 24.8. The van der Waals surface area contributed by atoms with Gasteiger partial charge in [-0.3, -0.25) is 32.2 Å². The summed E-state index contributed by atoms with van der Waals surface area (Å²) >= 11 is 0. The Morgan fingerprint density at radius 1 is 0.449 bits per heavy atom. The van der Waals surface area contributed by atoms with Gasteiger partial charge in [0.1, 0.15) is 43.2 Å². The minimum atomic E-state index is -5.79. The molecule has 1 fully saturated rings. The van der Waals surface area contributed by atoms with E-state index in [0.717, 1.165) is 77.2 Å². The molecule has 1 aliphatic rings. The zero-order valence-electron chi connectivity index (χ0n) is 40.4. The van der Waals surface area contributed by atoms with Gasteiger partial charge in [0.25, 0.3) is 0 Å². The Kier molecular flexibility index (Phi) is 35.6. The molecule has 0 spiro atoms. The van der Waals surface area contributed by atoms with Gasteiger partial charge in [0.15, 0.2) is 6.10 Å². The smallest absolute Gasteiger partial charge is 0.462 e. The van der Waals surface area contributed by atoms with Crippen LogP contribution in [0.2, 0.25) is 0 Å². The number of rotatable bonds is 44. The highest BCUT2D eigenvalue weighted by molar-refractivity contribution is 7.47. The standard InChI is InChI=1S/C42H85NO22P4/c1-2-3-4-5-6-7-8-11-15-18-21-24-27-30-36(45)61-34(32-59-35(44)29-26-23-20-17-14-12-9-10-13-16-19-22-25-28-31-43)33-60-69(57,58)65-39-37(46)40(62-66(48,49)50)42(64-68(54,55)56)41(38(39)47)63-67(51,52)53/h34,37-42,46-47H,2-33,43H2,1H3,(H,57,58)(H2,48,49,50)(H2,51,52,53)(H2,54,55,56)/t34-,37+,38?,39?,40+,41-,42?/m1/s1. The van der Waals surface area contributed by atoms with Crippen LogP contribution in [0.15, 0.2) is 0 Å². The van der Waals surface area contributed by atoms with Gasteiger partial charge in [-0.25, -0.2) is 18.3 Å². The Morgan fingerprint density at radius 3 is 1.14 bits per heavy atom. The molecule has 0 radical (unpaired) electrons. The van der Waals surface area contributed by atoms with Crippen LogP contribution in [0.3, 0.4) is 0 Å². The zero-order valence-corrected chi connectivity index (χ0v) is 43.9. The van der Waals surface area contributed by atoms with E-state index in [-0.39, 0.29) is 12.8 Å². The third-order valence-corrected chi connectivity index (χ3v) is 14.0. The lowest BCUT2D eigenvalue weighted by Gasteiger charge is -2.45. The zero-order chi connectivity index (χ0) is 51.8. The summed E-state index contributed by atoms with van der Waals surface area (Å²) in [6.45, 7) is 1.30. The molecule has 8 atom stereocenters. The van der Waals surface area contributed by atoms with E-state index in [1.165, 1.54) is 89.9 Å². The van der Waals surface area contributed by atoms with Crippen molar-refractivity contribution in [2.75, 3.05) is 19.8 Å². The predicted octanol–water partition coefficient (Wildman–Crippen LogP) is 7.40. The molecule has 0 aromatic carbocycles. The molecule has 0 heterocycles. The quantitative estimate of drug-likeness (QED) is 0.0161. The van der Waals surface area contributed by atoms with Crippen molar-refractivity contribution in [2.45, 2.75) is 236 Å². The maximum absolute atomic E-state index is 13.3. The second-order valence-electron chi connectivity index (χ2n) is 17.8. The second kappa shape index (κ2) is 37.1. The predicted molar refractivity (Wildman–Crippen MR) is 253 cm³/mol. The molecule has 0 bridgehead atoms. The van der Waals surface area contributed by atoms with E-state index in [2.05, 4.69) is 20.5 Å². The first-order chi connectivity index (χ1) is 32.5. The van der Waals surface area contributed by atoms with E-state index >= 15 is 0 Å². The number of nitrogens with two attached hydrogens (primary N) is 1. The molecule has 410 valence electrons. The van der Waals surface area contributed by atoms with Crippen LogP contribution in [0.4, 0.5) is 0 Å². The van der Waals surface area contributed by atoms with Gasteiger partial charge < -0.3 is 59.7 Å². The fourth-order valence-corrected chi connectivity index (χ4v) is 10.6. The Labute approximate surface area is 408 Å². The maximum atomic E-state index is 13.3. The SMILES string of the molecule is CCCCCCCCCCCCCCCC(=O)O[C@H](COC(=O)CCCCCCCCCCCCCCCCN)COP(=O)(O)OC1C(O)[C@@H](OP(=O)(O)O)C(OP(=O)(O)O)[C@@H](OP(=O)(O)O)[C@H]1O. The summed E-state index contributed by atoms with van der Waals surface area (Å²) in [7, 11) is -23.0. The molecule has 1 rings (SSSR count). The van der Waals surface area contributed by atoms with Gasteiger partial charge in [-0.1, -0.05) is 161 Å². The third-order valence-electron chi connectivity index (χ3n) is 11.5. The van der Waals surface area contributed by atoms with E-state index in [0.29, 0.717) is 12.8 Å². The van der Waals surface area contributed by atoms with Gasteiger partial charge in [-0.15, -0.1) is 0 Å². The molecule has 1 saturated carbocycles. The van der Waals surface area contributed by atoms with Crippen LogP contribution in [0.1, 0.15) is 193 Å². The number of carbonyl (C=O) groups is 2. The Balaban J connectivity index is 2.87. The molecule has 0 amide bonds. The molecular weight excluding hydrogens is 994 g/mol. The van der Waals surface area contributed by atoms with Crippen molar-refractivity contribution >= 4 is 43.2 Å². The van der Waals surface area contributed by atoms with Crippen LogP contribution in [-0.2, 0) is 59.9 Å². The number of phosphoric acid groups is 4. The lowest BCUT2D eigenvalue weighted by molar-refractivity contribution is -0.209. The van der Waals surface area contributed by atoms with E-state index in [1.54, 1.807) is 0 Å². The normalized spacial score (nSPS) is 21.5. The number of carbonyl (C=O) groups excluding carboxylic acids is 2. The Morgan fingerprint density at radius 2 is 0.783 bits per heavy atom. The van der Waals surface area contributed by atoms with Crippen LogP contribution in [0.25, 0.3) is 0 Å². The highest BCUT2D eigenvalue weighted by atomic mass is 31.2. The Bertz CT molecular complexity index is 1530. The van der Waals surface area contributed by atoms with Gasteiger partial charge in [0.05, 0.1) is 6.61 Å². The van der Waals surface area contributed by atoms with Crippen LogP contribution < -0.4 is 5.73 Å². The van der Waals surface area contributed by atoms with E-state index in [1.807, 2.05) is 0 Å². The largest absolute Gasteiger partial charge is 0.472 e. The molecule has 11 N–H and O–H groups in total.